The highest BCUT2D eigenvalue weighted by Crippen LogP contribution is 2.40. The number of nitrogens with two attached hydrogens (primary N) is 1. The van der Waals surface area contributed by atoms with Gasteiger partial charge < -0.3 is 15.2 Å². The third kappa shape index (κ3) is 2.97. The fourth-order valence-corrected chi connectivity index (χ4v) is 4.13. The number of halogens is 1. The Labute approximate surface area is 145 Å². The molecule has 0 saturated heterocycles. The van der Waals surface area contributed by atoms with Gasteiger partial charge in [0.25, 0.3) is 15.9 Å². The predicted molar refractivity (Wildman–Crippen MR) is 89.9 cm³/mol. The third-order valence-electron chi connectivity index (χ3n) is 3.73. The number of anilines is 2. The Morgan fingerprint density at radius 2 is 2.16 bits per heavy atom. The largest absolute Gasteiger partial charge is 0.486 e. The van der Waals surface area contributed by atoms with E-state index in [0.717, 1.165) is 10.4 Å². The summed E-state index contributed by atoms with van der Waals surface area (Å²) in [6.45, 7) is 4.38. The summed E-state index contributed by atoms with van der Waals surface area (Å²) in [6, 6.07) is 2.47. The fraction of sp³-hybridized carbons (Fsp3) is 0.400. The van der Waals surface area contributed by atoms with Crippen LogP contribution in [0, 0.1) is 5.82 Å². The Hall–Kier alpha value is -2.49. The molecule has 136 valence electrons. The molecule has 1 aromatic carbocycles. The van der Waals surface area contributed by atoms with Crippen LogP contribution < -0.4 is 19.5 Å². The minimum atomic E-state index is -4.03. The molecule has 2 heterocycles. The average molecular weight is 370 g/mol. The summed E-state index contributed by atoms with van der Waals surface area (Å²) in [5, 5.41) is 4.13. The van der Waals surface area contributed by atoms with Crippen LogP contribution in [0.15, 0.2) is 23.2 Å². The molecule has 1 aromatic heterocycles. The number of hydrogen-bond donors (Lipinski definition) is 1. The standard InChI is InChI=1S/C15H19FN4O4S/c1-3-19-9-13(15(18-19)23-4-2)25(21,22)20-5-6-24-14-11(16)7-10(17)8-12(14)20/h7-9H,3-6,17H2,1-2H3. The summed E-state index contributed by atoms with van der Waals surface area (Å²) < 4.78 is 53.6. The third-order valence-corrected chi connectivity index (χ3v) is 5.52. The summed E-state index contributed by atoms with van der Waals surface area (Å²) in [6.07, 6.45) is 1.40. The van der Waals surface area contributed by atoms with Crippen molar-refractivity contribution in [1.82, 2.24) is 9.78 Å². The van der Waals surface area contributed by atoms with E-state index in [2.05, 4.69) is 5.10 Å². The number of fused-ring (bicyclic) bond motifs is 1. The number of aromatic nitrogens is 2. The molecule has 1 aliphatic rings. The van der Waals surface area contributed by atoms with E-state index in [1.165, 1.54) is 16.9 Å². The van der Waals surface area contributed by atoms with Gasteiger partial charge in [-0.15, -0.1) is 5.10 Å². The van der Waals surface area contributed by atoms with Gasteiger partial charge in [-0.2, -0.15) is 0 Å². The molecule has 25 heavy (non-hydrogen) atoms. The topological polar surface area (TPSA) is 99.7 Å². The zero-order valence-electron chi connectivity index (χ0n) is 13.9. The Morgan fingerprint density at radius 1 is 1.40 bits per heavy atom. The minimum Gasteiger partial charge on any atom is -0.486 e. The molecule has 0 amide bonds. The van der Waals surface area contributed by atoms with Gasteiger partial charge in [0.2, 0.25) is 0 Å². The lowest BCUT2D eigenvalue weighted by atomic mass is 10.2. The van der Waals surface area contributed by atoms with Gasteiger partial charge in [-0.25, -0.2) is 12.8 Å². The molecule has 0 atom stereocenters. The lowest BCUT2D eigenvalue weighted by Crippen LogP contribution is -2.38. The van der Waals surface area contributed by atoms with Crippen molar-refractivity contribution in [3.63, 3.8) is 0 Å². The quantitative estimate of drug-likeness (QED) is 0.803. The average Bonchev–Trinajstić information content (AvgIpc) is 2.98. The van der Waals surface area contributed by atoms with E-state index in [1.54, 1.807) is 6.92 Å². The van der Waals surface area contributed by atoms with Gasteiger partial charge in [-0.1, -0.05) is 0 Å². The van der Waals surface area contributed by atoms with Crippen LogP contribution in [-0.2, 0) is 16.6 Å². The number of benzene rings is 1. The van der Waals surface area contributed by atoms with Crippen LogP contribution in [0.5, 0.6) is 11.6 Å². The van der Waals surface area contributed by atoms with Crippen LogP contribution >= 0.6 is 0 Å². The lowest BCUT2D eigenvalue weighted by Gasteiger charge is -2.30. The van der Waals surface area contributed by atoms with E-state index in [-0.39, 0.29) is 47.7 Å². The highest BCUT2D eigenvalue weighted by atomic mass is 32.2. The molecule has 0 saturated carbocycles. The van der Waals surface area contributed by atoms with Crippen LogP contribution in [-0.4, -0.2) is 38.0 Å². The van der Waals surface area contributed by atoms with Crippen molar-refractivity contribution in [3.05, 3.63) is 24.1 Å². The maximum atomic E-state index is 14.1. The van der Waals surface area contributed by atoms with Gasteiger partial charge >= 0.3 is 0 Å². The van der Waals surface area contributed by atoms with Crippen molar-refractivity contribution in [2.24, 2.45) is 0 Å². The summed E-state index contributed by atoms with van der Waals surface area (Å²) in [7, 11) is -4.03. The molecule has 2 N–H and O–H groups in total. The van der Waals surface area contributed by atoms with E-state index in [4.69, 9.17) is 15.2 Å². The number of sulfonamides is 1. The molecule has 10 heteroatoms. The molecular formula is C15H19FN4O4S. The van der Waals surface area contributed by atoms with Crippen molar-refractivity contribution in [2.45, 2.75) is 25.3 Å². The number of hydrogen-bond acceptors (Lipinski definition) is 6. The van der Waals surface area contributed by atoms with Gasteiger partial charge in [0, 0.05) is 24.5 Å². The van der Waals surface area contributed by atoms with Crippen molar-refractivity contribution in [2.75, 3.05) is 29.8 Å². The van der Waals surface area contributed by atoms with E-state index in [9.17, 15) is 12.8 Å². The molecule has 0 unspecified atom stereocenters. The Bertz CT molecular complexity index is 897. The normalized spacial score (nSPS) is 14.1. The second-order valence-corrected chi connectivity index (χ2v) is 7.19. The summed E-state index contributed by atoms with van der Waals surface area (Å²) in [4.78, 5) is -0.0770. The van der Waals surface area contributed by atoms with E-state index >= 15 is 0 Å². The predicted octanol–water partition coefficient (Wildman–Crippen LogP) is 1.61. The van der Waals surface area contributed by atoms with Gasteiger partial charge in [-0.05, 0) is 19.9 Å². The molecule has 0 spiro atoms. The first-order chi connectivity index (χ1) is 11.9. The zero-order valence-corrected chi connectivity index (χ0v) is 14.7. The molecule has 0 fully saturated rings. The van der Waals surface area contributed by atoms with Crippen molar-refractivity contribution in [1.29, 1.82) is 0 Å². The first-order valence-corrected chi connectivity index (χ1v) is 9.27. The van der Waals surface area contributed by atoms with Gasteiger partial charge in [0.05, 0.1) is 18.8 Å². The van der Waals surface area contributed by atoms with E-state index in [1.807, 2.05) is 6.92 Å². The highest BCUT2D eigenvalue weighted by molar-refractivity contribution is 7.93. The number of nitrogen functional groups attached to an aromatic ring is 1. The highest BCUT2D eigenvalue weighted by Gasteiger charge is 2.35. The number of aryl methyl sites for hydroxylation is 1. The lowest BCUT2D eigenvalue weighted by molar-refractivity contribution is 0.298. The smallest absolute Gasteiger partial charge is 0.271 e. The van der Waals surface area contributed by atoms with E-state index in [0.29, 0.717) is 6.54 Å². The molecule has 2 aromatic rings. The molecular weight excluding hydrogens is 351 g/mol. The molecule has 0 radical (unpaired) electrons. The molecule has 0 bridgehead atoms. The Balaban J connectivity index is 2.13. The second kappa shape index (κ2) is 6.43. The Morgan fingerprint density at radius 3 is 2.84 bits per heavy atom. The fourth-order valence-electron chi connectivity index (χ4n) is 2.61. The molecule has 1 aliphatic heterocycles. The molecule has 8 nitrogen and oxygen atoms in total. The SMILES string of the molecule is CCOc1nn(CC)cc1S(=O)(=O)N1CCOc2c(F)cc(N)cc21. The van der Waals surface area contributed by atoms with Crippen molar-refractivity contribution >= 4 is 21.4 Å². The van der Waals surface area contributed by atoms with E-state index < -0.39 is 15.8 Å². The Kier molecular flexibility index (Phi) is 4.46. The minimum absolute atomic E-state index is 0.0155. The zero-order chi connectivity index (χ0) is 18.2. The van der Waals surface area contributed by atoms with Crippen molar-refractivity contribution in [3.8, 4) is 11.6 Å². The number of rotatable bonds is 5. The molecule has 0 aliphatic carbocycles. The van der Waals surface area contributed by atoms with Crippen molar-refractivity contribution < 1.29 is 22.3 Å². The summed E-state index contributed by atoms with van der Waals surface area (Å²) >= 11 is 0. The van der Waals surface area contributed by atoms with Crippen LogP contribution in [0.4, 0.5) is 15.8 Å². The first-order valence-electron chi connectivity index (χ1n) is 7.83. The number of ether oxygens (including phenoxy) is 2. The summed E-state index contributed by atoms with van der Waals surface area (Å²) in [5.74, 6) is -0.823. The number of nitrogens with zero attached hydrogens (tertiary/aromatic N) is 3. The monoisotopic (exact) mass is 370 g/mol. The second-order valence-electron chi connectivity index (χ2n) is 5.36. The maximum absolute atomic E-state index is 14.1. The van der Waals surface area contributed by atoms with Gasteiger partial charge in [-0.3, -0.25) is 8.99 Å². The van der Waals surface area contributed by atoms with Gasteiger partial charge in [0.1, 0.15) is 6.61 Å². The van der Waals surface area contributed by atoms with Crippen LogP contribution in [0.25, 0.3) is 0 Å². The van der Waals surface area contributed by atoms with Crippen LogP contribution in [0.2, 0.25) is 0 Å². The van der Waals surface area contributed by atoms with Crippen LogP contribution in [0.3, 0.4) is 0 Å². The molecule has 3 rings (SSSR count). The van der Waals surface area contributed by atoms with Gasteiger partial charge in [0.15, 0.2) is 16.5 Å². The summed E-state index contributed by atoms with van der Waals surface area (Å²) in [5.41, 5.74) is 5.84. The first kappa shape index (κ1) is 17.3. The van der Waals surface area contributed by atoms with Crippen LogP contribution in [0.1, 0.15) is 13.8 Å². The maximum Gasteiger partial charge on any atom is 0.271 e.